The van der Waals surface area contributed by atoms with E-state index < -0.39 is 23.8 Å². The van der Waals surface area contributed by atoms with E-state index >= 15 is 0 Å². The van der Waals surface area contributed by atoms with E-state index in [1.807, 2.05) is 18.2 Å². The molecule has 2 N–H and O–H groups in total. The van der Waals surface area contributed by atoms with Crippen molar-refractivity contribution < 1.29 is 28.7 Å². The second-order valence-electron chi connectivity index (χ2n) is 18.4. The van der Waals surface area contributed by atoms with Crippen molar-refractivity contribution in [3.63, 3.8) is 0 Å². The maximum atomic E-state index is 13.4. The normalized spacial score (nSPS) is 23.9. The lowest BCUT2D eigenvalue weighted by Gasteiger charge is -2.41. The van der Waals surface area contributed by atoms with E-state index in [4.69, 9.17) is 9.47 Å². The zero-order valence-corrected chi connectivity index (χ0v) is 35.7. The average Bonchev–Trinajstić information content (AvgIpc) is 3.76. The number of aromatic nitrogens is 4. The Labute approximate surface area is 361 Å². The topological polar surface area (TPSA) is 169 Å². The predicted octanol–water partition coefficient (Wildman–Crippen LogP) is 4.26. The van der Waals surface area contributed by atoms with Crippen molar-refractivity contribution in [3.05, 3.63) is 59.9 Å². The molecule has 7 heterocycles. The van der Waals surface area contributed by atoms with Gasteiger partial charge < -0.3 is 24.2 Å². The van der Waals surface area contributed by atoms with E-state index in [9.17, 15) is 19.2 Å². The molecule has 62 heavy (non-hydrogen) atoms. The average molecular weight is 845 g/mol. The van der Waals surface area contributed by atoms with Crippen LogP contribution in [0.1, 0.15) is 85.9 Å². The number of carbonyl (C=O) groups excluding carboxylic acids is 4. The Bertz CT molecular complexity index is 2370. The summed E-state index contributed by atoms with van der Waals surface area (Å²) in [6.07, 6.45) is 8.58. The van der Waals surface area contributed by atoms with Gasteiger partial charge in [0.15, 0.2) is 0 Å². The van der Waals surface area contributed by atoms with E-state index in [-0.39, 0.29) is 24.3 Å². The smallest absolute Gasteiger partial charge is 0.262 e. The quantitative estimate of drug-likeness (QED) is 0.194. The number of amides is 4. The first-order valence-electron chi connectivity index (χ1n) is 22.5. The van der Waals surface area contributed by atoms with Crippen LogP contribution in [0.3, 0.4) is 0 Å². The molecule has 326 valence electrons. The number of anilines is 2. The standard InChI is InChI=1S/C46H56N10O6/c1-29-26-55(40-25-38(47-28-48-40)42-36-24-33(62-46(2)13-14-46)4-6-37(36)50-51-42)20-19-53(29)21-22-61-32-11-15-52(16-12-32)27-30-9-17-54(18-10-30)31-3-5-34-35(23-31)45(60)56(44(34)59)39-7-8-41(57)49-43(39)58/h3-6,23-25,28-30,32,39H,7-22,26-27H2,1-2H3,(H,50,51)(H,49,57,58)/t29-,39?/m0/s1. The zero-order valence-electron chi connectivity index (χ0n) is 35.7. The van der Waals surface area contributed by atoms with Gasteiger partial charge in [-0.1, -0.05) is 0 Å². The summed E-state index contributed by atoms with van der Waals surface area (Å²) < 4.78 is 12.7. The number of benzene rings is 2. The Hall–Kier alpha value is -5.45. The van der Waals surface area contributed by atoms with E-state index in [0.717, 1.165) is 148 Å². The first-order valence-corrected chi connectivity index (χ1v) is 22.5. The van der Waals surface area contributed by atoms with Gasteiger partial charge in [-0.15, -0.1) is 0 Å². The Kier molecular flexibility index (Phi) is 10.9. The third kappa shape index (κ3) is 8.27. The minimum absolute atomic E-state index is 0.0497. The number of aromatic amines is 1. The van der Waals surface area contributed by atoms with Gasteiger partial charge in [-0.2, -0.15) is 5.10 Å². The number of carbonyl (C=O) groups is 4. The number of hydrogen-bond acceptors (Lipinski definition) is 13. The molecule has 2 aromatic heterocycles. The number of piperidine rings is 3. The second-order valence-corrected chi connectivity index (χ2v) is 18.4. The fourth-order valence-electron chi connectivity index (χ4n) is 9.99. The molecule has 1 aliphatic carbocycles. The fourth-order valence-corrected chi connectivity index (χ4v) is 9.99. The van der Waals surface area contributed by atoms with Crippen LogP contribution in [0.4, 0.5) is 11.5 Å². The number of imide groups is 2. The van der Waals surface area contributed by atoms with Crippen molar-refractivity contribution in [2.75, 3.05) is 75.3 Å². The fraction of sp³-hybridized carbons (Fsp3) is 0.543. The van der Waals surface area contributed by atoms with Crippen molar-refractivity contribution in [1.29, 1.82) is 0 Å². The molecule has 0 bridgehead atoms. The van der Waals surface area contributed by atoms with Crippen molar-refractivity contribution >= 4 is 46.0 Å². The molecule has 1 unspecified atom stereocenters. The number of fused-ring (bicyclic) bond motifs is 2. The van der Waals surface area contributed by atoms with Gasteiger partial charge in [0.05, 0.1) is 35.0 Å². The SMILES string of the molecule is C[C@H]1CN(c2cc(-c3n[nH]c4ccc(OC5(C)CC5)cc34)ncn2)CCN1CCOC1CCN(CC2CCN(c3ccc4c(c3)C(=O)N(C3CCC(=O)NC3=O)C4=O)CC2)CC1. The van der Waals surface area contributed by atoms with Crippen LogP contribution in [0.5, 0.6) is 5.75 Å². The van der Waals surface area contributed by atoms with Crippen LogP contribution < -0.4 is 19.9 Å². The lowest BCUT2D eigenvalue weighted by atomic mass is 9.94. The van der Waals surface area contributed by atoms with Crippen molar-refractivity contribution in [2.45, 2.75) is 89.0 Å². The molecular formula is C46H56N10O6. The largest absolute Gasteiger partial charge is 0.488 e. The van der Waals surface area contributed by atoms with Crippen LogP contribution in [-0.4, -0.2) is 148 Å². The minimum Gasteiger partial charge on any atom is -0.488 e. The van der Waals surface area contributed by atoms with Gasteiger partial charge in [0, 0.05) is 88.5 Å². The van der Waals surface area contributed by atoms with Crippen LogP contribution in [0.15, 0.2) is 48.8 Å². The summed E-state index contributed by atoms with van der Waals surface area (Å²) in [6, 6.07) is 13.0. The number of likely N-dealkylation sites (tertiary alicyclic amines) is 1. The van der Waals surface area contributed by atoms with Crippen molar-refractivity contribution in [3.8, 4) is 17.1 Å². The molecule has 16 heteroatoms. The maximum absolute atomic E-state index is 13.4. The van der Waals surface area contributed by atoms with Gasteiger partial charge in [0.25, 0.3) is 11.8 Å². The van der Waals surface area contributed by atoms with Gasteiger partial charge in [0.2, 0.25) is 11.8 Å². The Balaban J connectivity index is 0.644. The van der Waals surface area contributed by atoms with Crippen molar-refractivity contribution in [2.24, 2.45) is 5.92 Å². The van der Waals surface area contributed by atoms with Crippen LogP contribution in [0, 0.1) is 5.92 Å². The number of H-pyrrole nitrogens is 1. The molecule has 0 radical (unpaired) electrons. The molecule has 2 atom stereocenters. The zero-order chi connectivity index (χ0) is 42.5. The van der Waals surface area contributed by atoms with Crippen LogP contribution in [0.25, 0.3) is 22.3 Å². The highest BCUT2D eigenvalue weighted by atomic mass is 16.5. The molecule has 10 rings (SSSR count). The van der Waals surface area contributed by atoms with Crippen molar-refractivity contribution in [1.82, 2.24) is 40.2 Å². The van der Waals surface area contributed by atoms with Gasteiger partial charge in [-0.25, -0.2) is 9.97 Å². The molecule has 0 spiro atoms. The molecule has 16 nitrogen and oxygen atoms in total. The molecule has 1 saturated carbocycles. The Morgan fingerprint density at radius 3 is 2.42 bits per heavy atom. The number of nitrogens with zero attached hydrogens (tertiary/aromatic N) is 8. The minimum atomic E-state index is -0.957. The van der Waals surface area contributed by atoms with Crippen LogP contribution in [0.2, 0.25) is 0 Å². The Morgan fingerprint density at radius 2 is 1.65 bits per heavy atom. The molecule has 5 aliphatic heterocycles. The molecular weight excluding hydrogens is 789 g/mol. The highest BCUT2D eigenvalue weighted by Crippen LogP contribution is 2.41. The summed E-state index contributed by atoms with van der Waals surface area (Å²) in [4.78, 5) is 70.7. The number of hydrogen-bond donors (Lipinski definition) is 2. The maximum Gasteiger partial charge on any atom is 0.262 e. The number of ether oxygens (including phenoxy) is 2. The lowest BCUT2D eigenvalue weighted by molar-refractivity contribution is -0.136. The van der Waals surface area contributed by atoms with Gasteiger partial charge in [0.1, 0.15) is 35.2 Å². The molecule has 4 aromatic rings. The molecule has 2 aromatic carbocycles. The van der Waals surface area contributed by atoms with Gasteiger partial charge in [-0.05, 0) is 101 Å². The first kappa shape index (κ1) is 40.6. The van der Waals surface area contributed by atoms with E-state index in [1.165, 1.54) is 0 Å². The lowest BCUT2D eigenvalue weighted by Crippen LogP contribution is -2.54. The van der Waals surface area contributed by atoms with Crippen LogP contribution >= 0.6 is 0 Å². The molecule has 4 saturated heterocycles. The highest BCUT2D eigenvalue weighted by molar-refractivity contribution is 6.23. The summed E-state index contributed by atoms with van der Waals surface area (Å²) in [7, 11) is 0. The monoisotopic (exact) mass is 844 g/mol. The van der Waals surface area contributed by atoms with Gasteiger partial charge >= 0.3 is 0 Å². The Morgan fingerprint density at radius 1 is 0.839 bits per heavy atom. The predicted molar refractivity (Wildman–Crippen MR) is 232 cm³/mol. The number of piperazine rings is 1. The summed E-state index contributed by atoms with van der Waals surface area (Å²) >= 11 is 0. The highest BCUT2D eigenvalue weighted by Gasteiger charge is 2.45. The summed E-state index contributed by atoms with van der Waals surface area (Å²) in [5.41, 5.74) is 4.08. The molecule has 4 amide bonds. The van der Waals surface area contributed by atoms with E-state index in [0.29, 0.717) is 29.2 Å². The van der Waals surface area contributed by atoms with Gasteiger partial charge in [-0.3, -0.25) is 39.4 Å². The van der Waals surface area contributed by atoms with E-state index in [1.54, 1.807) is 18.5 Å². The summed E-state index contributed by atoms with van der Waals surface area (Å²) in [6.45, 7) is 13.7. The third-order valence-corrected chi connectivity index (χ3v) is 14.0. The summed E-state index contributed by atoms with van der Waals surface area (Å²) in [5.74, 6) is 0.476. The molecule has 6 aliphatic rings. The molecule has 5 fully saturated rings. The number of nitrogens with one attached hydrogen (secondary N) is 2. The second kappa shape index (κ2) is 16.7. The number of rotatable bonds is 12. The van der Waals surface area contributed by atoms with E-state index in [2.05, 4.69) is 71.1 Å². The summed E-state index contributed by atoms with van der Waals surface area (Å²) in [5, 5.41) is 11.0. The third-order valence-electron chi connectivity index (χ3n) is 14.0. The first-order chi connectivity index (χ1) is 30.1. The van der Waals surface area contributed by atoms with Crippen LogP contribution in [-0.2, 0) is 14.3 Å².